The molecule has 0 aliphatic carbocycles. The highest BCUT2D eigenvalue weighted by molar-refractivity contribution is 6.77. The van der Waals surface area contributed by atoms with Crippen LogP contribution in [-0.2, 0) is 0 Å². The molecule has 0 saturated heterocycles. The first-order valence-corrected chi connectivity index (χ1v) is 17.1. The number of benzene rings is 1. The molecule has 0 saturated carbocycles. The molecular weight excluding hydrogens is 436 g/mol. The molecule has 0 unspecified atom stereocenters. The average Bonchev–Trinajstić information content (AvgIpc) is 2.85. The van der Waals surface area contributed by atoms with Crippen molar-refractivity contribution in [2.45, 2.75) is 110 Å². The van der Waals surface area contributed by atoms with Gasteiger partial charge < -0.3 is 9.47 Å². The van der Waals surface area contributed by atoms with Crippen LogP contribution in [-0.4, -0.2) is 31.3 Å². The van der Waals surface area contributed by atoms with Gasteiger partial charge in [-0.05, 0) is 30.5 Å². The number of unbranched alkanes of at least 4 members (excludes halogenated alkanes) is 8. The summed E-state index contributed by atoms with van der Waals surface area (Å²) in [7, 11) is -0.997. The number of hydrogen-bond acceptors (Lipinski definition) is 4. The molecule has 1 aromatic heterocycles. The van der Waals surface area contributed by atoms with Gasteiger partial charge in [-0.25, -0.2) is 9.97 Å². The van der Waals surface area contributed by atoms with Crippen molar-refractivity contribution in [3.8, 4) is 22.9 Å². The fraction of sp³-hybridized carbons (Fsp3) is 0.655. The van der Waals surface area contributed by atoms with E-state index in [0.717, 1.165) is 36.3 Å². The Balaban J connectivity index is 1.64. The molecule has 2 aromatic rings. The lowest BCUT2D eigenvalue weighted by atomic mass is 10.1. The van der Waals surface area contributed by atoms with E-state index in [1.807, 2.05) is 24.5 Å². The summed E-state index contributed by atoms with van der Waals surface area (Å²) in [5.74, 6) is 0.932. The van der Waals surface area contributed by atoms with E-state index in [0.29, 0.717) is 12.6 Å². The molecule has 4 nitrogen and oxygen atoms in total. The normalized spacial score (nSPS) is 11.5. The van der Waals surface area contributed by atoms with Gasteiger partial charge in [-0.15, -0.1) is 0 Å². The number of ether oxygens (including phenoxy) is 2. The Morgan fingerprint density at radius 1 is 0.618 bits per heavy atom. The van der Waals surface area contributed by atoms with Gasteiger partial charge in [0.05, 0.1) is 13.2 Å². The van der Waals surface area contributed by atoms with Gasteiger partial charge in [0.25, 0.3) is 0 Å². The smallest absolute Gasteiger partial charge is 0.316 e. The summed E-state index contributed by atoms with van der Waals surface area (Å²) in [6.07, 6.45) is 17.7. The first-order valence-electron chi connectivity index (χ1n) is 13.7. The molecule has 0 radical (unpaired) electrons. The molecule has 190 valence electrons. The van der Waals surface area contributed by atoms with Crippen LogP contribution in [0.1, 0.15) is 84.5 Å². The summed E-state index contributed by atoms with van der Waals surface area (Å²) in [6, 6.07) is 11.6. The van der Waals surface area contributed by atoms with Crippen molar-refractivity contribution in [3.63, 3.8) is 0 Å². The first-order chi connectivity index (χ1) is 16.5. The van der Waals surface area contributed by atoms with Gasteiger partial charge in [-0.3, -0.25) is 0 Å². The zero-order chi connectivity index (χ0) is 24.5. The second kappa shape index (κ2) is 16.7. The molecule has 34 heavy (non-hydrogen) atoms. The lowest BCUT2D eigenvalue weighted by molar-refractivity contribution is 0.281. The van der Waals surface area contributed by atoms with E-state index in [1.165, 1.54) is 69.9 Å². The molecule has 0 bridgehead atoms. The Hall–Kier alpha value is -1.88. The van der Waals surface area contributed by atoms with E-state index >= 15 is 0 Å². The lowest BCUT2D eigenvalue weighted by Gasteiger charge is -2.21. The minimum atomic E-state index is -0.997. The average molecular weight is 485 g/mol. The third kappa shape index (κ3) is 12.0. The third-order valence-electron chi connectivity index (χ3n) is 6.52. The van der Waals surface area contributed by atoms with E-state index in [4.69, 9.17) is 9.47 Å². The van der Waals surface area contributed by atoms with Crippen LogP contribution >= 0.6 is 0 Å². The fourth-order valence-corrected chi connectivity index (χ4v) is 6.95. The molecule has 2 rings (SSSR count). The van der Waals surface area contributed by atoms with Crippen molar-refractivity contribution < 1.29 is 9.47 Å². The van der Waals surface area contributed by atoms with E-state index in [9.17, 15) is 0 Å². The standard InChI is InChI=1S/C29H48N2O2Si/c1-5-7-9-10-11-12-13-21-33-29-30-24-27(25-31-29)26-16-18-28(19-17-26)32-20-14-15-23-34(3,4)22-8-6-2/h16-19,24-25H,5-15,20-23H2,1-4H3. The van der Waals surface area contributed by atoms with E-state index in [1.54, 1.807) is 0 Å². The third-order valence-corrected chi connectivity index (χ3v) is 9.93. The first kappa shape index (κ1) is 28.4. The van der Waals surface area contributed by atoms with Gasteiger partial charge >= 0.3 is 6.01 Å². The number of rotatable bonds is 19. The van der Waals surface area contributed by atoms with Crippen molar-refractivity contribution >= 4 is 8.07 Å². The predicted octanol–water partition coefficient (Wildman–Crippen LogP) is 8.94. The highest BCUT2D eigenvalue weighted by Crippen LogP contribution is 2.24. The zero-order valence-corrected chi connectivity index (χ0v) is 23.3. The van der Waals surface area contributed by atoms with Gasteiger partial charge in [0.2, 0.25) is 0 Å². The summed E-state index contributed by atoms with van der Waals surface area (Å²) in [6.45, 7) is 11.1. The maximum Gasteiger partial charge on any atom is 0.316 e. The maximum atomic E-state index is 5.97. The largest absolute Gasteiger partial charge is 0.494 e. The second-order valence-electron chi connectivity index (χ2n) is 10.3. The molecule has 1 heterocycles. The molecule has 0 aliphatic rings. The van der Waals surface area contributed by atoms with Gasteiger partial charge in [0, 0.05) is 26.0 Å². The van der Waals surface area contributed by atoms with Gasteiger partial charge in [0.15, 0.2) is 0 Å². The van der Waals surface area contributed by atoms with Crippen LogP contribution in [0, 0.1) is 0 Å². The monoisotopic (exact) mass is 484 g/mol. The molecule has 5 heteroatoms. The predicted molar refractivity (Wildman–Crippen MR) is 148 cm³/mol. The minimum Gasteiger partial charge on any atom is -0.494 e. The summed E-state index contributed by atoms with van der Waals surface area (Å²) in [4.78, 5) is 8.77. The molecule has 0 aliphatic heterocycles. The van der Waals surface area contributed by atoms with Gasteiger partial charge in [-0.1, -0.05) is 109 Å². The van der Waals surface area contributed by atoms with Crippen LogP contribution in [0.5, 0.6) is 11.8 Å². The molecule has 0 atom stereocenters. The second-order valence-corrected chi connectivity index (χ2v) is 15.7. The van der Waals surface area contributed by atoms with E-state index in [-0.39, 0.29) is 0 Å². The molecule has 0 N–H and O–H groups in total. The fourth-order valence-electron chi connectivity index (χ4n) is 4.18. The van der Waals surface area contributed by atoms with Crippen molar-refractivity contribution in [3.05, 3.63) is 36.7 Å². The molecular formula is C29H48N2O2Si. The Morgan fingerprint density at radius 2 is 1.18 bits per heavy atom. The van der Waals surface area contributed by atoms with Crippen LogP contribution in [0.3, 0.4) is 0 Å². The highest BCUT2D eigenvalue weighted by Gasteiger charge is 2.18. The van der Waals surface area contributed by atoms with Crippen LogP contribution < -0.4 is 9.47 Å². The van der Waals surface area contributed by atoms with Crippen molar-refractivity contribution in [2.24, 2.45) is 0 Å². The van der Waals surface area contributed by atoms with E-state index < -0.39 is 8.07 Å². The quantitative estimate of drug-likeness (QED) is 0.147. The van der Waals surface area contributed by atoms with Gasteiger partial charge in [-0.2, -0.15) is 0 Å². The Morgan fingerprint density at radius 3 is 1.85 bits per heavy atom. The number of hydrogen-bond donors (Lipinski definition) is 0. The lowest BCUT2D eigenvalue weighted by Crippen LogP contribution is -2.24. The molecule has 0 amide bonds. The number of aromatic nitrogens is 2. The summed E-state index contributed by atoms with van der Waals surface area (Å²) >= 11 is 0. The zero-order valence-electron chi connectivity index (χ0n) is 22.3. The number of nitrogens with zero attached hydrogens (tertiary/aromatic N) is 2. The summed E-state index contributed by atoms with van der Waals surface area (Å²) < 4.78 is 11.7. The molecule has 0 fully saturated rings. The van der Waals surface area contributed by atoms with Crippen molar-refractivity contribution in [2.75, 3.05) is 13.2 Å². The SMILES string of the molecule is CCCCCCCCCOc1ncc(-c2ccc(OCCCC[Si](C)(C)CCCC)cc2)cn1. The highest BCUT2D eigenvalue weighted by atomic mass is 28.3. The Kier molecular flexibility index (Phi) is 13.9. The van der Waals surface area contributed by atoms with E-state index in [2.05, 4.69) is 49.0 Å². The Bertz CT molecular complexity index is 763. The summed E-state index contributed by atoms with van der Waals surface area (Å²) in [5, 5.41) is 0. The Labute approximate surface area is 209 Å². The van der Waals surface area contributed by atoms with Crippen LogP contribution in [0.25, 0.3) is 11.1 Å². The topological polar surface area (TPSA) is 44.2 Å². The molecule has 1 aromatic carbocycles. The maximum absolute atomic E-state index is 5.97. The van der Waals surface area contributed by atoms with Crippen LogP contribution in [0.2, 0.25) is 25.2 Å². The van der Waals surface area contributed by atoms with Crippen LogP contribution in [0.15, 0.2) is 36.7 Å². The van der Waals surface area contributed by atoms with Crippen LogP contribution in [0.4, 0.5) is 0 Å². The minimum absolute atomic E-state index is 0.468. The van der Waals surface area contributed by atoms with Crippen molar-refractivity contribution in [1.82, 2.24) is 9.97 Å². The van der Waals surface area contributed by atoms with Gasteiger partial charge in [0.1, 0.15) is 5.75 Å². The van der Waals surface area contributed by atoms with Crippen molar-refractivity contribution in [1.29, 1.82) is 0 Å². The molecule has 0 spiro atoms. The summed E-state index contributed by atoms with van der Waals surface area (Å²) in [5.41, 5.74) is 2.09.